The van der Waals surface area contributed by atoms with Crippen LogP contribution in [-0.2, 0) is 14.3 Å². The highest BCUT2D eigenvalue weighted by molar-refractivity contribution is 5.95. The summed E-state index contributed by atoms with van der Waals surface area (Å²) < 4.78 is 15.9. The fourth-order valence-corrected chi connectivity index (χ4v) is 2.81. The van der Waals surface area contributed by atoms with Gasteiger partial charge in [0.25, 0.3) is 5.91 Å². The van der Waals surface area contributed by atoms with Crippen molar-refractivity contribution in [2.75, 3.05) is 25.2 Å². The first-order valence-corrected chi connectivity index (χ1v) is 9.42. The summed E-state index contributed by atoms with van der Waals surface area (Å²) in [5, 5.41) is 0. The number of carbonyl (C=O) groups is 2. The van der Waals surface area contributed by atoms with Crippen molar-refractivity contribution >= 4 is 23.6 Å². The molecule has 154 valence electrons. The number of ether oxygens (including phenoxy) is 3. The number of methoxy groups -OCH3 is 1. The summed E-state index contributed by atoms with van der Waals surface area (Å²) in [7, 11) is 1.53. The van der Waals surface area contributed by atoms with E-state index in [1.165, 1.54) is 7.11 Å². The molecule has 0 heterocycles. The molecule has 0 saturated carbocycles. The summed E-state index contributed by atoms with van der Waals surface area (Å²) in [6, 6.07) is 14.6. The van der Waals surface area contributed by atoms with Crippen LogP contribution in [0.3, 0.4) is 0 Å². The maximum absolute atomic E-state index is 12.5. The van der Waals surface area contributed by atoms with Crippen molar-refractivity contribution in [2.45, 2.75) is 26.8 Å². The molecule has 0 saturated heterocycles. The van der Waals surface area contributed by atoms with E-state index in [9.17, 15) is 9.59 Å². The van der Waals surface area contributed by atoms with Gasteiger partial charge in [0.05, 0.1) is 7.11 Å². The van der Waals surface area contributed by atoms with Gasteiger partial charge in [0.2, 0.25) is 0 Å². The lowest BCUT2D eigenvalue weighted by atomic mass is 10.2. The Morgan fingerprint density at radius 2 is 1.76 bits per heavy atom. The zero-order valence-corrected chi connectivity index (χ0v) is 17.3. The average molecular weight is 397 g/mol. The maximum atomic E-state index is 12.5. The Morgan fingerprint density at radius 1 is 1.03 bits per heavy atom. The first-order valence-electron chi connectivity index (χ1n) is 9.42. The van der Waals surface area contributed by atoms with Crippen molar-refractivity contribution in [3.63, 3.8) is 0 Å². The van der Waals surface area contributed by atoms with Crippen LogP contribution in [0.5, 0.6) is 11.5 Å². The number of allylic oxidation sites excluding steroid dienone is 1. The van der Waals surface area contributed by atoms with Crippen molar-refractivity contribution in [1.82, 2.24) is 0 Å². The van der Waals surface area contributed by atoms with Gasteiger partial charge in [0, 0.05) is 11.7 Å². The molecule has 2 aromatic rings. The van der Waals surface area contributed by atoms with E-state index in [0.717, 1.165) is 11.3 Å². The van der Waals surface area contributed by atoms with E-state index >= 15 is 0 Å². The molecule has 2 aromatic carbocycles. The van der Waals surface area contributed by atoms with Crippen LogP contribution >= 0.6 is 0 Å². The molecule has 2 rings (SSSR count). The van der Waals surface area contributed by atoms with Gasteiger partial charge in [0.15, 0.2) is 24.7 Å². The van der Waals surface area contributed by atoms with Crippen LogP contribution in [0.15, 0.2) is 54.6 Å². The summed E-state index contributed by atoms with van der Waals surface area (Å²) in [5.41, 5.74) is 1.71. The molecule has 6 heteroatoms. The van der Waals surface area contributed by atoms with Gasteiger partial charge >= 0.3 is 5.97 Å². The van der Waals surface area contributed by atoms with E-state index in [0.29, 0.717) is 11.5 Å². The first-order chi connectivity index (χ1) is 14.0. The van der Waals surface area contributed by atoms with Crippen molar-refractivity contribution in [3.8, 4) is 11.5 Å². The van der Waals surface area contributed by atoms with Crippen LogP contribution in [0, 0.1) is 0 Å². The van der Waals surface area contributed by atoms with Gasteiger partial charge < -0.3 is 19.1 Å². The second kappa shape index (κ2) is 10.9. The molecular formula is C23H27NO5. The third kappa shape index (κ3) is 6.38. The van der Waals surface area contributed by atoms with E-state index < -0.39 is 5.97 Å². The van der Waals surface area contributed by atoms with Crippen molar-refractivity contribution in [1.29, 1.82) is 0 Å². The molecule has 0 aliphatic heterocycles. The molecule has 0 radical (unpaired) electrons. The number of hydrogen-bond acceptors (Lipinski definition) is 5. The minimum absolute atomic E-state index is 0.0696. The molecule has 0 unspecified atom stereocenters. The molecule has 0 spiro atoms. The van der Waals surface area contributed by atoms with Crippen LogP contribution < -0.4 is 14.4 Å². The van der Waals surface area contributed by atoms with E-state index in [1.54, 1.807) is 11.0 Å². The van der Waals surface area contributed by atoms with Gasteiger partial charge in [-0.2, -0.15) is 0 Å². The zero-order chi connectivity index (χ0) is 21.2. The van der Waals surface area contributed by atoms with Gasteiger partial charge in [-0.05, 0) is 50.6 Å². The lowest BCUT2D eigenvalue weighted by molar-refractivity contribution is -0.149. The standard InChI is InChI=1S/C23H27NO5/c1-5-9-18-12-13-20(21(14-18)27-4)28-16-23(26)29-15-22(25)24(17(2)3)19-10-7-6-8-11-19/h5-14,17H,15-16H2,1-4H3/b9-5+. The van der Waals surface area contributed by atoms with Gasteiger partial charge in [-0.1, -0.05) is 36.4 Å². The highest BCUT2D eigenvalue weighted by Gasteiger charge is 2.20. The summed E-state index contributed by atoms with van der Waals surface area (Å²) in [6.07, 6.45) is 3.85. The Kier molecular flexibility index (Phi) is 8.27. The molecule has 0 N–H and O–H groups in total. The molecule has 0 bridgehead atoms. The number of nitrogens with zero attached hydrogens (tertiary/aromatic N) is 1. The lowest BCUT2D eigenvalue weighted by Gasteiger charge is -2.26. The molecule has 29 heavy (non-hydrogen) atoms. The number of benzene rings is 2. The predicted molar refractivity (Wildman–Crippen MR) is 113 cm³/mol. The Bertz CT molecular complexity index is 846. The minimum Gasteiger partial charge on any atom is -0.493 e. The van der Waals surface area contributed by atoms with Gasteiger partial charge in [-0.3, -0.25) is 4.79 Å². The second-order valence-electron chi connectivity index (χ2n) is 6.55. The Hall–Kier alpha value is -3.28. The van der Waals surface area contributed by atoms with E-state index in [2.05, 4.69) is 0 Å². The quantitative estimate of drug-likeness (QED) is 0.596. The van der Waals surface area contributed by atoms with Gasteiger partial charge in [0.1, 0.15) is 0 Å². The topological polar surface area (TPSA) is 65.1 Å². The molecule has 0 aliphatic carbocycles. The zero-order valence-electron chi connectivity index (χ0n) is 17.3. The Labute approximate surface area is 171 Å². The third-order valence-corrected chi connectivity index (χ3v) is 4.07. The molecule has 6 nitrogen and oxygen atoms in total. The highest BCUT2D eigenvalue weighted by Crippen LogP contribution is 2.28. The molecule has 1 amide bonds. The summed E-state index contributed by atoms with van der Waals surface area (Å²) in [4.78, 5) is 26.2. The fraction of sp³-hybridized carbons (Fsp3) is 0.304. The fourth-order valence-electron chi connectivity index (χ4n) is 2.81. The van der Waals surface area contributed by atoms with Crippen molar-refractivity contribution in [2.24, 2.45) is 0 Å². The number of esters is 1. The number of hydrogen-bond donors (Lipinski definition) is 0. The molecular weight excluding hydrogens is 370 g/mol. The second-order valence-corrected chi connectivity index (χ2v) is 6.55. The number of amides is 1. The summed E-state index contributed by atoms with van der Waals surface area (Å²) >= 11 is 0. The van der Waals surface area contributed by atoms with Gasteiger partial charge in [-0.15, -0.1) is 0 Å². The van der Waals surface area contributed by atoms with Crippen LogP contribution in [0.1, 0.15) is 26.3 Å². The number of carbonyl (C=O) groups excluding carboxylic acids is 2. The molecule has 0 fully saturated rings. The minimum atomic E-state index is -0.630. The average Bonchev–Trinajstić information content (AvgIpc) is 2.72. The first kappa shape index (κ1) is 22.0. The molecule has 0 atom stereocenters. The smallest absolute Gasteiger partial charge is 0.344 e. The highest BCUT2D eigenvalue weighted by atomic mass is 16.6. The predicted octanol–water partition coefficient (Wildman–Crippen LogP) is 4.09. The normalized spacial score (nSPS) is 10.8. The van der Waals surface area contributed by atoms with Crippen molar-refractivity contribution in [3.05, 3.63) is 60.2 Å². The largest absolute Gasteiger partial charge is 0.493 e. The van der Waals surface area contributed by atoms with E-state index in [4.69, 9.17) is 14.2 Å². The molecule has 0 aromatic heterocycles. The van der Waals surface area contributed by atoms with Crippen LogP contribution in [0.2, 0.25) is 0 Å². The number of rotatable bonds is 9. The van der Waals surface area contributed by atoms with Crippen LogP contribution in [-0.4, -0.2) is 38.2 Å². The van der Waals surface area contributed by atoms with E-state index in [-0.39, 0.29) is 25.2 Å². The lowest BCUT2D eigenvalue weighted by Crippen LogP contribution is -2.40. The SMILES string of the molecule is C/C=C/c1ccc(OCC(=O)OCC(=O)N(c2ccccc2)C(C)C)c(OC)c1. The maximum Gasteiger partial charge on any atom is 0.344 e. The monoisotopic (exact) mass is 397 g/mol. The Balaban J connectivity index is 1.92. The van der Waals surface area contributed by atoms with Crippen molar-refractivity contribution < 1.29 is 23.8 Å². The van der Waals surface area contributed by atoms with Crippen LogP contribution in [0.4, 0.5) is 5.69 Å². The number of anilines is 1. The van der Waals surface area contributed by atoms with Gasteiger partial charge in [-0.25, -0.2) is 4.79 Å². The third-order valence-electron chi connectivity index (χ3n) is 4.07. The van der Waals surface area contributed by atoms with Crippen LogP contribution in [0.25, 0.3) is 6.08 Å². The summed E-state index contributed by atoms with van der Waals surface area (Å²) in [6.45, 7) is 5.05. The van der Waals surface area contributed by atoms with E-state index in [1.807, 2.05) is 75.4 Å². The summed E-state index contributed by atoms with van der Waals surface area (Å²) in [5.74, 6) is 0.0131. The number of para-hydroxylation sites is 1. The Morgan fingerprint density at radius 3 is 2.38 bits per heavy atom. The molecule has 0 aliphatic rings.